The van der Waals surface area contributed by atoms with E-state index >= 15 is 0 Å². The van der Waals surface area contributed by atoms with E-state index in [0.717, 1.165) is 51.9 Å². The van der Waals surface area contributed by atoms with E-state index < -0.39 is 0 Å². The molecular weight excluding hydrogens is 348 g/mol. The fourth-order valence-corrected chi connectivity index (χ4v) is 3.86. The van der Waals surface area contributed by atoms with Crippen LogP contribution in [0.4, 0.5) is 0 Å². The average Bonchev–Trinajstić information content (AvgIpc) is 3.38. The molecule has 8 heteroatoms. The van der Waals surface area contributed by atoms with Gasteiger partial charge in [0.15, 0.2) is 0 Å². The number of carbonyl (C=O) groups excluding carboxylic acids is 3. The van der Waals surface area contributed by atoms with Gasteiger partial charge in [-0.15, -0.1) is 0 Å². The smallest absolute Gasteiger partial charge is 0.354 e. The summed E-state index contributed by atoms with van der Waals surface area (Å²) < 4.78 is 6.80. The Morgan fingerprint density at radius 1 is 1.15 bits per heavy atom. The van der Waals surface area contributed by atoms with E-state index in [2.05, 4.69) is 10.2 Å². The monoisotopic (exact) mass is 376 g/mol. The first-order valence-electron chi connectivity index (χ1n) is 9.60. The van der Waals surface area contributed by atoms with Crippen molar-refractivity contribution in [2.24, 2.45) is 0 Å². The van der Waals surface area contributed by atoms with Crippen LogP contribution >= 0.6 is 0 Å². The second-order valence-electron chi connectivity index (χ2n) is 7.16. The van der Waals surface area contributed by atoms with Crippen molar-refractivity contribution in [1.82, 2.24) is 19.7 Å². The number of piperidine rings is 1. The fourth-order valence-electron chi connectivity index (χ4n) is 3.86. The third kappa shape index (κ3) is 4.88. The Bertz CT molecular complexity index is 673. The van der Waals surface area contributed by atoms with Gasteiger partial charge in [-0.05, 0) is 37.8 Å². The zero-order valence-corrected chi connectivity index (χ0v) is 15.9. The van der Waals surface area contributed by atoms with Crippen molar-refractivity contribution < 1.29 is 19.1 Å². The normalized spacial score (nSPS) is 18.5. The van der Waals surface area contributed by atoms with E-state index in [-0.39, 0.29) is 30.4 Å². The molecular formula is C19H28N4O4. The van der Waals surface area contributed by atoms with E-state index in [4.69, 9.17) is 4.74 Å². The lowest BCUT2D eigenvalue weighted by Crippen LogP contribution is -2.45. The average molecular weight is 376 g/mol. The molecule has 3 heterocycles. The predicted octanol–water partition coefficient (Wildman–Crippen LogP) is 0.650. The van der Waals surface area contributed by atoms with Crippen molar-refractivity contribution in [2.45, 2.75) is 31.7 Å². The third-order valence-electron chi connectivity index (χ3n) is 5.39. The van der Waals surface area contributed by atoms with Crippen LogP contribution < -0.4 is 5.32 Å². The minimum atomic E-state index is -0.329. The molecule has 2 amide bonds. The van der Waals surface area contributed by atoms with Gasteiger partial charge >= 0.3 is 5.97 Å². The Morgan fingerprint density at radius 3 is 2.52 bits per heavy atom. The van der Waals surface area contributed by atoms with E-state index in [9.17, 15) is 14.4 Å². The van der Waals surface area contributed by atoms with E-state index in [1.807, 2.05) is 21.7 Å². The highest BCUT2D eigenvalue weighted by atomic mass is 16.5. The van der Waals surface area contributed by atoms with Crippen LogP contribution in [-0.2, 0) is 14.3 Å². The zero-order valence-electron chi connectivity index (χ0n) is 15.9. The molecule has 0 radical (unpaired) electrons. The van der Waals surface area contributed by atoms with Gasteiger partial charge in [-0.3, -0.25) is 14.5 Å². The molecule has 1 N–H and O–H groups in total. The van der Waals surface area contributed by atoms with E-state index in [1.54, 1.807) is 6.07 Å². The Balaban J connectivity index is 1.41. The molecule has 1 aromatic rings. The van der Waals surface area contributed by atoms with Gasteiger partial charge in [0.05, 0.1) is 20.2 Å². The summed E-state index contributed by atoms with van der Waals surface area (Å²) in [5.41, 5.74) is 0.564. The lowest BCUT2D eigenvalue weighted by atomic mass is 10.0. The van der Waals surface area contributed by atoms with Crippen molar-refractivity contribution in [1.29, 1.82) is 0 Å². The number of hydrogen-bond donors (Lipinski definition) is 1. The number of nitrogens with one attached hydrogen (secondary N) is 1. The molecule has 2 fully saturated rings. The highest BCUT2D eigenvalue weighted by Gasteiger charge is 2.25. The number of likely N-dealkylation sites (tertiary alicyclic amines) is 2. The third-order valence-corrected chi connectivity index (χ3v) is 5.39. The highest BCUT2D eigenvalue weighted by Crippen LogP contribution is 2.24. The van der Waals surface area contributed by atoms with Crippen LogP contribution in [0.15, 0.2) is 18.3 Å². The maximum atomic E-state index is 12.1. The summed E-state index contributed by atoms with van der Waals surface area (Å²) in [5, 5.41) is 2.74. The molecule has 0 spiro atoms. The standard InChI is InChI=1S/C19H28N4O4/c1-27-19(26)16-5-4-10-23(16)15-6-11-21(12-7-15)14-17(24)20-13-18(25)22-8-2-3-9-22/h4-5,10,15H,2-3,6-9,11-14H2,1H3,(H,20,24). The summed E-state index contributed by atoms with van der Waals surface area (Å²) in [4.78, 5) is 39.8. The highest BCUT2D eigenvalue weighted by molar-refractivity contribution is 5.87. The van der Waals surface area contributed by atoms with Crippen LogP contribution in [0.25, 0.3) is 0 Å². The molecule has 8 nitrogen and oxygen atoms in total. The van der Waals surface area contributed by atoms with Crippen LogP contribution in [0.2, 0.25) is 0 Å². The van der Waals surface area contributed by atoms with Crippen molar-refractivity contribution in [3.63, 3.8) is 0 Å². The van der Waals surface area contributed by atoms with Crippen molar-refractivity contribution in [2.75, 3.05) is 46.4 Å². The number of esters is 1. The van der Waals surface area contributed by atoms with Gasteiger partial charge in [0.2, 0.25) is 11.8 Å². The van der Waals surface area contributed by atoms with Crippen molar-refractivity contribution >= 4 is 17.8 Å². The summed E-state index contributed by atoms with van der Waals surface area (Å²) in [6, 6.07) is 3.84. The lowest BCUT2D eigenvalue weighted by molar-refractivity contribution is -0.132. The Kier molecular flexibility index (Phi) is 6.49. The fraction of sp³-hybridized carbons (Fsp3) is 0.632. The van der Waals surface area contributed by atoms with Gasteiger partial charge in [-0.1, -0.05) is 0 Å². The lowest BCUT2D eigenvalue weighted by Gasteiger charge is -2.32. The van der Waals surface area contributed by atoms with Gasteiger partial charge in [0.25, 0.3) is 0 Å². The summed E-state index contributed by atoms with van der Waals surface area (Å²) in [6.45, 7) is 3.54. The molecule has 0 saturated carbocycles. The molecule has 2 aliphatic heterocycles. The Labute approximate surface area is 159 Å². The molecule has 0 bridgehead atoms. The second kappa shape index (κ2) is 9.03. The number of carbonyl (C=O) groups is 3. The van der Waals surface area contributed by atoms with Crippen molar-refractivity contribution in [3.05, 3.63) is 24.0 Å². The van der Waals surface area contributed by atoms with Gasteiger partial charge in [0, 0.05) is 38.4 Å². The number of methoxy groups -OCH3 is 1. The molecule has 0 aliphatic carbocycles. The van der Waals surface area contributed by atoms with E-state index in [0.29, 0.717) is 12.2 Å². The number of amides is 2. The summed E-state index contributed by atoms with van der Waals surface area (Å²) >= 11 is 0. The summed E-state index contributed by atoms with van der Waals surface area (Å²) in [7, 11) is 1.38. The largest absolute Gasteiger partial charge is 0.464 e. The maximum Gasteiger partial charge on any atom is 0.354 e. The first-order chi connectivity index (χ1) is 13.1. The van der Waals surface area contributed by atoms with Gasteiger partial charge in [-0.2, -0.15) is 0 Å². The predicted molar refractivity (Wildman–Crippen MR) is 99.3 cm³/mol. The molecule has 27 heavy (non-hydrogen) atoms. The molecule has 1 aromatic heterocycles. The molecule has 2 aliphatic rings. The Hall–Kier alpha value is -2.35. The number of hydrogen-bond acceptors (Lipinski definition) is 5. The van der Waals surface area contributed by atoms with Crippen LogP contribution in [0.5, 0.6) is 0 Å². The van der Waals surface area contributed by atoms with Crippen LogP contribution in [0.3, 0.4) is 0 Å². The summed E-state index contributed by atoms with van der Waals surface area (Å²) in [6.07, 6.45) is 5.72. The first kappa shape index (κ1) is 19.4. The maximum absolute atomic E-state index is 12.1. The SMILES string of the molecule is COC(=O)c1cccn1C1CCN(CC(=O)NCC(=O)N2CCCC2)CC1. The molecule has 2 saturated heterocycles. The molecule has 0 atom stereocenters. The second-order valence-corrected chi connectivity index (χ2v) is 7.16. The number of rotatable bonds is 6. The van der Waals surface area contributed by atoms with Crippen LogP contribution in [0.1, 0.15) is 42.2 Å². The van der Waals surface area contributed by atoms with Crippen molar-refractivity contribution in [3.8, 4) is 0 Å². The zero-order chi connectivity index (χ0) is 19.2. The number of aromatic nitrogens is 1. The van der Waals surface area contributed by atoms with E-state index in [1.165, 1.54) is 7.11 Å². The quantitative estimate of drug-likeness (QED) is 0.737. The molecule has 3 rings (SSSR count). The van der Waals surface area contributed by atoms with Gasteiger partial charge in [-0.25, -0.2) is 4.79 Å². The minimum absolute atomic E-state index is 0.00232. The topological polar surface area (TPSA) is 83.9 Å². The molecule has 0 unspecified atom stereocenters. The van der Waals surface area contributed by atoms with Crippen LogP contribution in [0, 0.1) is 0 Å². The molecule has 148 valence electrons. The number of nitrogens with zero attached hydrogens (tertiary/aromatic N) is 3. The number of ether oxygens (including phenoxy) is 1. The first-order valence-corrected chi connectivity index (χ1v) is 9.60. The Morgan fingerprint density at radius 2 is 1.85 bits per heavy atom. The molecule has 0 aromatic carbocycles. The van der Waals surface area contributed by atoms with Crippen LogP contribution in [-0.4, -0.2) is 78.5 Å². The van der Waals surface area contributed by atoms with Gasteiger partial charge in [0.1, 0.15) is 5.69 Å². The van der Waals surface area contributed by atoms with Gasteiger partial charge < -0.3 is 19.5 Å². The minimum Gasteiger partial charge on any atom is -0.464 e. The summed E-state index contributed by atoms with van der Waals surface area (Å²) in [5.74, 6) is -0.441.